The van der Waals surface area contributed by atoms with Crippen LogP contribution in [0.15, 0.2) is 41.2 Å². The summed E-state index contributed by atoms with van der Waals surface area (Å²) in [5.74, 6) is -5.07. The van der Waals surface area contributed by atoms with Gasteiger partial charge in [0.05, 0.1) is 34.4 Å². The lowest BCUT2D eigenvalue weighted by atomic mass is 9.80. The third-order valence-corrected chi connectivity index (χ3v) is 3.79. The molecule has 2 rings (SSSR count). The van der Waals surface area contributed by atoms with Gasteiger partial charge in [-0.25, -0.2) is 18.0 Å². The molecule has 0 aromatic heterocycles. The Bertz CT molecular complexity index is 851. The minimum Gasteiger partial charge on any atom is -0.478 e. The first-order valence-corrected chi connectivity index (χ1v) is 6.95. The maximum atomic E-state index is 13.3. The van der Waals surface area contributed by atoms with Crippen LogP contribution in [0.5, 0.6) is 0 Å². The van der Waals surface area contributed by atoms with E-state index in [0.717, 1.165) is 13.2 Å². The van der Waals surface area contributed by atoms with Crippen molar-refractivity contribution in [2.75, 3.05) is 7.05 Å². The molecule has 1 atom stereocenters. The van der Waals surface area contributed by atoms with E-state index in [4.69, 9.17) is 0 Å². The van der Waals surface area contributed by atoms with Crippen LogP contribution in [0.3, 0.4) is 0 Å². The van der Waals surface area contributed by atoms with E-state index in [1.165, 1.54) is 6.07 Å². The van der Waals surface area contributed by atoms with Gasteiger partial charge in [-0.2, -0.15) is 18.4 Å². The van der Waals surface area contributed by atoms with Crippen LogP contribution >= 0.6 is 0 Å². The number of alkyl halides is 5. The Morgan fingerprint density at radius 1 is 1.35 bits per heavy atom. The predicted molar refractivity (Wildman–Crippen MR) is 76.3 cm³/mol. The second-order valence-corrected chi connectivity index (χ2v) is 5.37. The van der Waals surface area contributed by atoms with E-state index in [1.54, 1.807) is 0 Å². The summed E-state index contributed by atoms with van der Waals surface area (Å²) < 4.78 is 79.8. The molecule has 1 heterocycles. The van der Waals surface area contributed by atoms with Crippen molar-refractivity contribution in [1.29, 1.82) is 5.26 Å². The van der Waals surface area contributed by atoms with Gasteiger partial charge in [-0.05, 0) is 17.7 Å². The highest BCUT2D eigenvalue weighted by Crippen LogP contribution is 2.44. The largest absolute Gasteiger partial charge is 0.478 e. The number of benzene rings is 1. The molecule has 4 nitrogen and oxygen atoms in total. The molecular formula is C16H10F6N2O2. The van der Waals surface area contributed by atoms with E-state index in [9.17, 15) is 41.5 Å². The number of carboxylic acid groups (broad SMARTS) is 1. The molecule has 1 aliphatic rings. The molecule has 0 saturated carbocycles. The number of hydrogen-bond acceptors (Lipinski definition) is 3. The third kappa shape index (κ3) is 3.37. The number of carboxylic acids is 1. The lowest BCUT2D eigenvalue weighted by molar-refractivity contribution is -0.139. The fourth-order valence-electron chi connectivity index (χ4n) is 2.79. The number of aliphatic carboxylic acids is 1. The standard InChI is InChI=1S/C16H10F6N2O2/c1-24-6-7(5-23)11(12(15(25)26)13(24)14(18)19)9-3-2-8(17)4-10(9)16(20,21)22/h2-4,6,11,14H,1H3,(H,25,26). The minimum absolute atomic E-state index is 0.129. The van der Waals surface area contributed by atoms with Gasteiger partial charge < -0.3 is 10.0 Å². The number of halogens is 6. The molecule has 0 spiro atoms. The number of allylic oxidation sites excluding steroid dienone is 2. The van der Waals surface area contributed by atoms with E-state index >= 15 is 0 Å². The summed E-state index contributed by atoms with van der Waals surface area (Å²) in [6, 6.07) is 2.95. The molecule has 0 aliphatic carbocycles. The van der Waals surface area contributed by atoms with Gasteiger partial charge in [-0.3, -0.25) is 0 Å². The van der Waals surface area contributed by atoms with Crippen molar-refractivity contribution < 1.29 is 36.2 Å². The summed E-state index contributed by atoms with van der Waals surface area (Å²) in [5, 5.41) is 18.6. The van der Waals surface area contributed by atoms with E-state index in [2.05, 4.69) is 0 Å². The Morgan fingerprint density at radius 3 is 2.42 bits per heavy atom. The van der Waals surface area contributed by atoms with Gasteiger partial charge in [0.25, 0.3) is 6.43 Å². The maximum Gasteiger partial charge on any atom is 0.416 e. The molecule has 0 fully saturated rings. The minimum atomic E-state index is -5.09. The van der Waals surface area contributed by atoms with Crippen LogP contribution in [0.1, 0.15) is 17.0 Å². The Morgan fingerprint density at radius 2 is 1.96 bits per heavy atom. The van der Waals surface area contributed by atoms with Crippen LogP contribution in [0.25, 0.3) is 0 Å². The first-order chi connectivity index (χ1) is 12.0. The van der Waals surface area contributed by atoms with E-state index < -0.39 is 58.3 Å². The predicted octanol–water partition coefficient (Wildman–Crippen LogP) is 3.88. The topological polar surface area (TPSA) is 64.3 Å². The third-order valence-electron chi connectivity index (χ3n) is 3.79. The zero-order valence-electron chi connectivity index (χ0n) is 13.0. The van der Waals surface area contributed by atoms with Crippen molar-refractivity contribution in [1.82, 2.24) is 4.90 Å². The van der Waals surface area contributed by atoms with Gasteiger partial charge in [0, 0.05) is 13.2 Å². The van der Waals surface area contributed by atoms with Gasteiger partial charge in [0.2, 0.25) is 0 Å². The number of rotatable bonds is 3. The SMILES string of the molecule is CN1C=C(C#N)C(c2ccc(F)cc2C(F)(F)F)C(C(=O)O)=C1C(F)F. The molecule has 0 saturated heterocycles. The molecule has 0 bridgehead atoms. The molecule has 0 amide bonds. The summed E-state index contributed by atoms with van der Waals surface area (Å²) >= 11 is 0. The molecule has 0 radical (unpaired) electrons. The zero-order chi connectivity index (χ0) is 19.8. The molecule has 1 N–H and O–H groups in total. The molecular weight excluding hydrogens is 366 g/mol. The van der Waals surface area contributed by atoms with Crippen LogP contribution in [-0.2, 0) is 11.0 Å². The Hall–Kier alpha value is -2.96. The van der Waals surface area contributed by atoms with Crippen molar-refractivity contribution in [2.45, 2.75) is 18.5 Å². The molecule has 1 aromatic rings. The molecule has 26 heavy (non-hydrogen) atoms. The summed E-state index contributed by atoms with van der Waals surface area (Å²) in [5.41, 5.74) is -4.94. The summed E-state index contributed by atoms with van der Waals surface area (Å²) in [4.78, 5) is 12.3. The number of nitriles is 1. The van der Waals surface area contributed by atoms with Gasteiger partial charge in [0.15, 0.2) is 0 Å². The van der Waals surface area contributed by atoms with Gasteiger partial charge >= 0.3 is 12.1 Å². The quantitative estimate of drug-likeness (QED) is 0.814. The lowest BCUT2D eigenvalue weighted by Gasteiger charge is -2.32. The van der Waals surface area contributed by atoms with Crippen LogP contribution < -0.4 is 0 Å². The Kier molecular flexibility index (Phi) is 5.02. The highest BCUT2D eigenvalue weighted by Gasteiger charge is 2.42. The van der Waals surface area contributed by atoms with Crippen molar-refractivity contribution in [3.05, 3.63) is 58.2 Å². The van der Waals surface area contributed by atoms with Crippen LogP contribution in [0.4, 0.5) is 26.3 Å². The maximum absolute atomic E-state index is 13.3. The summed E-state index contributed by atoms with van der Waals surface area (Å²) in [7, 11) is 1.05. The van der Waals surface area contributed by atoms with E-state index in [1.807, 2.05) is 0 Å². The average Bonchev–Trinajstić information content (AvgIpc) is 2.52. The average molecular weight is 376 g/mol. The first kappa shape index (κ1) is 19.4. The smallest absolute Gasteiger partial charge is 0.416 e. The zero-order valence-corrected chi connectivity index (χ0v) is 13.0. The number of carbonyl (C=O) groups is 1. The summed E-state index contributed by atoms with van der Waals surface area (Å²) in [6.07, 6.45) is -7.57. The van der Waals surface area contributed by atoms with Crippen LogP contribution in [0, 0.1) is 17.1 Å². The van der Waals surface area contributed by atoms with Gasteiger partial charge in [-0.15, -0.1) is 0 Å². The van der Waals surface area contributed by atoms with E-state index in [-0.39, 0.29) is 6.07 Å². The Balaban J connectivity index is 2.87. The highest BCUT2D eigenvalue weighted by atomic mass is 19.4. The Labute approximate surface area is 143 Å². The highest BCUT2D eigenvalue weighted by molar-refractivity contribution is 5.91. The van der Waals surface area contributed by atoms with Crippen molar-refractivity contribution in [2.24, 2.45) is 0 Å². The fourth-order valence-corrected chi connectivity index (χ4v) is 2.79. The molecule has 1 aliphatic heterocycles. The van der Waals surface area contributed by atoms with Crippen LogP contribution in [0.2, 0.25) is 0 Å². The second kappa shape index (κ2) is 6.74. The van der Waals surface area contributed by atoms with E-state index in [0.29, 0.717) is 17.0 Å². The molecule has 138 valence electrons. The molecule has 1 unspecified atom stereocenters. The molecule has 10 heteroatoms. The number of hydrogen-bond donors (Lipinski definition) is 1. The van der Waals surface area contributed by atoms with Gasteiger partial charge in [-0.1, -0.05) is 6.07 Å². The van der Waals surface area contributed by atoms with Gasteiger partial charge in [0.1, 0.15) is 5.82 Å². The number of nitrogens with zero attached hydrogens (tertiary/aromatic N) is 2. The molecule has 1 aromatic carbocycles. The lowest BCUT2D eigenvalue weighted by Crippen LogP contribution is -2.31. The first-order valence-electron chi connectivity index (χ1n) is 6.95. The normalized spacial score (nSPS) is 18.0. The fraction of sp³-hybridized carbons (Fsp3) is 0.250. The summed E-state index contributed by atoms with van der Waals surface area (Å²) in [6.45, 7) is 0. The second-order valence-electron chi connectivity index (χ2n) is 5.37. The monoisotopic (exact) mass is 376 g/mol. The van der Waals surface area contributed by atoms with Crippen LogP contribution in [-0.4, -0.2) is 29.4 Å². The van der Waals surface area contributed by atoms with Crippen molar-refractivity contribution in [3.8, 4) is 6.07 Å². The van der Waals surface area contributed by atoms with Crippen molar-refractivity contribution >= 4 is 5.97 Å². The van der Waals surface area contributed by atoms with Crippen molar-refractivity contribution in [3.63, 3.8) is 0 Å².